The molecule has 0 radical (unpaired) electrons. The van der Waals surface area contributed by atoms with Gasteiger partial charge in [0.05, 0.1) is 12.0 Å². The highest BCUT2D eigenvalue weighted by Gasteiger charge is 2.35. The first-order valence-corrected chi connectivity index (χ1v) is 10.7. The van der Waals surface area contributed by atoms with Crippen LogP contribution in [0.4, 0.5) is 11.4 Å². The average Bonchev–Trinajstić information content (AvgIpc) is 3.15. The van der Waals surface area contributed by atoms with Crippen molar-refractivity contribution in [3.8, 4) is 5.75 Å². The van der Waals surface area contributed by atoms with Crippen LogP contribution in [-0.2, 0) is 14.4 Å². The van der Waals surface area contributed by atoms with E-state index in [4.69, 9.17) is 16.3 Å². The summed E-state index contributed by atoms with van der Waals surface area (Å²) in [6.45, 7) is 3.70. The van der Waals surface area contributed by atoms with Crippen LogP contribution in [0.5, 0.6) is 5.75 Å². The normalized spacial score (nSPS) is 16.6. The molecule has 2 atom stereocenters. The van der Waals surface area contributed by atoms with Gasteiger partial charge < -0.3 is 25.4 Å². The van der Waals surface area contributed by atoms with Gasteiger partial charge in [0.2, 0.25) is 11.8 Å². The zero-order chi connectivity index (χ0) is 23.3. The summed E-state index contributed by atoms with van der Waals surface area (Å²) in [6, 6.07) is 12.0. The van der Waals surface area contributed by atoms with Crippen LogP contribution < -0.4 is 20.3 Å². The summed E-state index contributed by atoms with van der Waals surface area (Å²) in [5.41, 5.74) is 2.15. The van der Waals surface area contributed by atoms with Gasteiger partial charge in [0.15, 0.2) is 6.61 Å². The highest BCUT2D eigenvalue weighted by molar-refractivity contribution is 6.31. The third-order valence-electron chi connectivity index (χ3n) is 5.04. The molecule has 8 nitrogen and oxygen atoms in total. The number of carbonyl (C=O) groups is 3. The zero-order valence-corrected chi connectivity index (χ0v) is 18.7. The number of benzene rings is 2. The Hall–Kier alpha value is -3.10. The molecule has 170 valence electrons. The molecule has 2 aromatic rings. The Morgan fingerprint density at radius 2 is 1.97 bits per heavy atom. The Morgan fingerprint density at radius 1 is 1.25 bits per heavy atom. The monoisotopic (exact) mass is 459 g/mol. The van der Waals surface area contributed by atoms with E-state index >= 15 is 0 Å². The third-order valence-corrected chi connectivity index (χ3v) is 5.45. The summed E-state index contributed by atoms with van der Waals surface area (Å²) in [4.78, 5) is 38.2. The van der Waals surface area contributed by atoms with E-state index in [-0.39, 0.29) is 43.8 Å². The summed E-state index contributed by atoms with van der Waals surface area (Å²) in [5, 5.41) is 15.2. The average molecular weight is 460 g/mol. The molecule has 3 rings (SSSR count). The fourth-order valence-electron chi connectivity index (χ4n) is 3.26. The van der Waals surface area contributed by atoms with Crippen LogP contribution in [0, 0.1) is 12.8 Å². The first-order chi connectivity index (χ1) is 15.2. The molecular weight excluding hydrogens is 434 g/mol. The summed E-state index contributed by atoms with van der Waals surface area (Å²) in [7, 11) is 0. The second-order valence-electron chi connectivity index (χ2n) is 7.79. The van der Waals surface area contributed by atoms with Gasteiger partial charge >= 0.3 is 0 Å². The Morgan fingerprint density at radius 3 is 2.62 bits per heavy atom. The van der Waals surface area contributed by atoms with E-state index in [9.17, 15) is 19.5 Å². The summed E-state index contributed by atoms with van der Waals surface area (Å²) < 4.78 is 5.52. The molecule has 32 heavy (non-hydrogen) atoms. The van der Waals surface area contributed by atoms with E-state index in [1.165, 1.54) is 0 Å². The van der Waals surface area contributed by atoms with Crippen LogP contribution in [-0.4, -0.2) is 48.6 Å². The van der Waals surface area contributed by atoms with Crippen LogP contribution in [0.2, 0.25) is 5.02 Å². The van der Waals surface area contributed by atoms with E-state index < -0.39 is 12.0 Å². The lowest BCUT2D eigenvalue weighted by Crippen LogP contribution is -2.36. The number of nitrogens with one attached hydrogen (secondary N) is 2. The zero-order valence-electron chi connectivity index (χ0n) is 17.9. The minimum atomic E-state index is -0.642. The van der Waals surface area contributed by atoms with Crippen molar-refractivity contribution in [3.63, 3.8) is 0 Å². The maximum absolute atomic E-state index is 12.3. The number of rotatable bonds is 8. The number of hydrogen-bond donors (Lipinski definition) is 3. The number of aliphatic hydroxyl groups is 1. The molecule has 0 saturated carbocycles. The number of halogens is 1. The Bertz CT molecular complexity index is 994. The summed E-state index contributed by atoms with van der Waals surface area (Å²) >= 11 is 6.06. The molecule has 0 bridgehead atoms. The number of anilines is 2. The van der Waals surface area contributed by atoms with Crippen LogP contribution in [0.1, 0.15) is 18.9 Å². The molecule has 1 heterocycles. The second kappa shape index (κ2) is 10.5. The first kappa shape index (κ1) is 23.6. The lowest BCUT2D eigenvalue weighted by Gasteiger charge is -2.17. The van der Waals surface area contributed by atoms with E-state index in [0.29, 0.717) is 22.1 Å². The van der Waals surface area contributed by atoms with Gasteiger partial charge in [-0.25, -0.2) is 0 Å². The lowest BCUT2D eigenvalue weighted by molar-refractivity contribution is -0.126. The van der Waals surface area contributed by atoms with Crippen molar-refractivity contribution in [1.29, 1.82) is 0 Å². The van der Waals surface area contributed by atoms with Crippen molar-refractivity contribution in [3.05, 3.63) is 53.1 Å². The smallest absolute Gasteiger partial charge is 0.262 e. The van der Waals surface area contributed by atoms with Gasteiger partial charge in [-0.1, -0.05) is 17.7 Å². The molecule has 0 aromatic heterocycles. The lowest BCUT2D eigenvalue weighted by atomic mass is 10.1. The predicted octanol–water partition coefficient (Wildman–Crippen LogP) is 2.52. The largest absolute Gasteiger partial charge is 0.484 e. The van der Waals surface area contributed by atoms with Crippen molar-refractivity contribution < 1.29 is 24.2 Å². The van der Waals surface area contributed by atoms with Crippen molar-refractivity contribution in [2.45, 2.75) is 26.4 Å². The van der Waals surface area contributed by atoms with E-state index in [0.717, 1.165) is 5.56 Å². The van der Waals surface area contributed by atoms with Crippen molar-refractivity contribution >= 4 is 40.7 Å². The van der Waals surface area contributed by atoms with Crippen LogP contribution in [0.25, 0.3) is 0 Å². The van der Waals surface area contributed by atoms with Gasteiger partial charge in [-0.3, -0.25) is 14.4 Å². The van der Waals surface area contributed by atoms with Gasteiger partial charge in [-0.05, 0) is 55.8 Å². The Balaban J connectivity index is 1.51. The van der Waals surface area contributed by atoms with E-state index in [1.807, 2.05) is 13.0 Å². The Labute approximate surface area is 191 Å². The number of aryl methyl sites for hydroxylation is 1. The molecule has 3 N–H and O–H groups in total. The quantitative estimate of drug-likeness (QED) is 0.562. The van der Waals surface area contributed by atoms with E-state index in [2.05, 4.69) is 10.6 Å². The van der Waals surface area contributed by atoms with Gasteiger partial charge in [-0.15, -0.1) is 0 Å². The maximum atomic E-state index is 12.3. The minimum Gasteiger partial charge on any atom is -0.484 e. The molecule has 3 amide bonds. The molecule has 9 heteroatoms. The predicted molar refractivity (Wildman–Crippen MR) is 122 cm³/mol. The molecule has 0 spiro atoms. The topological polar surface area (TPSA) is 108 Å². The maximum Gasteiger partial charge on any atom is 0.262 e. The number of amides is 3. The Kier molecular flexibility index (Phi) is 7.71. The van der Waals surface area contributed by atoms with E-state index in [1.54, 1.807) is 48.2 Å². The first-order valence-electron chi connectivity index (χ1n) is 10.3. The van der Waals surface area contributed by atoms with Crippen LogP contribution in [0.15, 0.2) is 42.5 Å². The number of ether oxygens (including phenoxy) is 1. The molecule has 1 fully saturated rings. The number of hydrogen-bond acceptors (Lipinski definition) is 5. The molecule has 0 aliphatic carbocycles. The number of aliphatic hydroxyl groups excluding tert-OH is 1. The molecular formula is C23H26ClN3O5. The van der Waals surface area contributed by atoms with Gasteiger partial charge in [0.25, 0.3) is 5.91 Å². The van der Waals surface area contributed by atoms with Crippen LogP contribution >= 0.6 is 11.6 Å². The molecule has 2 aromatic carbocycles. The third kappa shape index (κ3) is 6.21. The van der Waals surface area contributed by atoms with Gasteiger partial charge in [0, 0.05) is 35.9 Å². The molecule has 1 saturated heterocycles. The van der Waals surface area contributed by atoms with Crippen molar-refractivity contribution in [1.82, 2.24) is 5.32 Å². The molecule has 1 aliphatic rings. The van der Waals surface area contributed by atoms with Crippen molar-refractivity contribution in [2.75, 3.05) is 29.9 Å². The highest BCUT2D eigenvalue weighted by Crippen LogP contribution is 2.27. The number of nitrogens with zero attached hydrogens (tertiary/aromatic N) is 1. The summed E-state index contributed by atoms with van der Waals surface area (Å²) in [5.74, 6) is -0.704. The standard InChI is InChI=1S/C23H26ClN3O5/c1-14-3-4-17(10-20(14)24)26-21(29)13-32-19-7-5-18(6-8-19)27-12-16(9-22(27)30)23(31)25-11-15(2)28/h3-8,10,15-16,28H,9,11-13H2,1-2H3,(H,25,31)(H,26,29)/t15-,16-/m1/s1. The summed E-state index contributed by atoms with van der Waals surface area (Å²) in [6.07, 6.45) is -0.524. The van der Waals surface area contributed by atoms with Crippen LogP contribution in [0.3, 0.4) is 0 Å². The number of carbonyl (C=O) groups excluding carboxylic acids is 3. The fourth-order valence-corrected chi connectivity index (χ4v) is 3.44. The van der Waals surface area contributed by atoms with Gasteiger partial charge in [0.1, 0.15) is 5.75 Å². The second-order valence-corrected chi connectivity index (χ2v) is 8.20. The van der Waals surface area contributed by atoms with Gasteiger partial charge in [-0.2, -0.15) is 0 Å². The molecule has 0 unspecified atom stereocenters. The molecule has 1 aliphatic heterocycles. The highest BCUT2D eigenvalue weighted by atomic mass is 35.5. The fraction of sp³-hybridized carbons (Fsp3) is 0.348. The van der Waals surface area contributed by atoms with Crippen molar-refractivity contribution in [2.24, 2.45) is 5.92 Å². The SMILES string of the molecule is Cc1ccc(NC(=O)COc2ccc(N3C[C@H](C(=O)NC[C@@H](C)O)CC3=O)cc2)cc1Cl. The minimum absolute atomic E-state index is 0.118.